The van der Waals surface area contributed by atoms with E-state index >= 15 is 0 Å². The van der Waals surface area contributed by atoms with E-state index < -0.39 is 5.60 Å². The number of pyridine rings is 1. The fraction of sp³-hybridized carbons (Fsp3) is 0.600. The van der Waals surface area contributed by atoms with Crippen molar-refractivity contribution in [3.05, 3.63) is 23.5 Å². The highest BCUT2D eigenvalue weighted by atomic mass is 16.6. The summed E-state index contributed by atoms with van der Waals surface area (Å²) in [5.41, 5.74) is 8.19. The first-order valence-corrected chi connectivity index (χ1v) is 6.66. The second kappa shape index (κ2) is 6.04. The number of nitrogens with two attached hydrogens (primary N) is 1. The Morgan fingerprint density at radius 3 is 2.58 bits per heavy atom. The highest BCUT2D eigenvalue weighted by molar-refractivity contribution is 5.70. The van der Waals surface area contributed by atoms with Gasteiger partial charge in [0.2, 0.25) is 0 Å². The van der Waals surface area contributed by atoms with Crippen LogP contribution < -0.4 is 5.73 Å². The molecule has 106 valence electrons. The zero-order chi connectivity index (χ0) is 14.6. The molecular weight excluding hydrogens is 240 g/mol. The number of rotatable bonds is 4. The standard InChI is InChI=1S/C15H24N2O2/c1-10(2)14-13(16)11(8-9-17-14)6-7-12(18)19-15(3,4)5/h8-10H,6-7,16H2,1-5H3. The van der Waals surface area contributed by atoms with Crippen molar-refractivity contribution < 1.29 is 9.53 Å². The van der Waals surface area contributed by atoms with Crippen LogP contribution >= 0.6 is 0 Å². The van der Waals surface area contributed by atoms with Gasteiger partial charge < -0.3 is 10.5 Å². The Morgan fingerprint density at radius 1 is 1.42 bits per heavy atom. The number of ether oxygens (including phenoxy) is 1. The Kier molecular flexibility index (Phi) is 4.92. The summed E-state index contributed by atoms with van der Waals surface area (Å²) in [5, 5.41) is 0. The first-order chi connectivity index (χ1) is 8.70. The quantitative estimate of drug-likeness (QED) is 0.849. The molecule has 1 aromatic heterocycles. The summed E-state index contributed by atoms with van der Waals surface area (Å²) in [6, 6.07) is 1.87. The summed E-state index contributed by atoms with van der Waals surface area (Å²) < 4.78 is 5.28. The Bertz CT molecular complexity index is 448. The average Bonchev–Trinajstić information content (AvgIpc) is 2.24. The van der Waals surface area contributed by atoms with Gasteiger partial charge in [-0.25, -0.2) is 0 Å². The molecule has 0 spiro atoms. The second-order valence-electron chi connectivity index (χ2n) is 6.01. The van der Waals surface area contributed by atoms with Gasteiger partial charge in [-0.2, -0.15) is 0 Å². The van der Waals surface area contributed by atoms with Crippen LogP contribution in [0.25, 0.3) is 0 Å². The molecule has 0 atom stereocenters. The molecule has 0 bridgehead atoms. The topological polar surface area (TPSA) is 65.2 Å². The number of nitrogens with zero attached hydrogens (tertiary/aromatic N) is 1. The molecule has 0 aliphatic rings. The van der Waals surface area contributed by atoms with Crippen LogP contribution in [-0.2, 0) is 16.0 Å². The van der Waals surface area contributed by atoms with E-state index in [0.717, 1.165) is 11.3 Å². The van der Waals surface area contributed by atoms with Crippen LogP contribution in [0.2, 0.25) is 0 Å². The molecule has 0 aromatic carbocycles. The minimum absolute atomic E-state index is 0.199. The molecule has 0 saturated carbocycles. The molecule has 0 radical (unpaired) electrons. The molecule has 0 aliphatic carbocycles. The smallest absolute Gasteiger partial charge is 0.306 e. The molecule has 2 N–H and O–H groups in total. The first kappa shape index (κ1) is 15.5. The summed E-state index contributed by atoms with van der Waals surface area (Å²) >= 11 is 0. The van der Waals surface area contributed by atoms with Gasteiger partial charge in [0.15, 0.2) is 0 Å². The lowest BCUT2D eigenvalue weighted by Gasteiger charge is -2.19. The van der Waals surface area contributed by atoms with E-state index in [1.54, 1.807) is 6.20 Å². The van der Waals surface area contributed by atoms with Crippen LogP contribution in [0.1, 0.15) is 58.2 Å². The molecule has 19 heavy (non-hydrogen) atoms. The van der Waals surface area contributed by atoms with Gasteiger partial charge in [-0.1, -0.05) is 13.8 Å². The predicted octanol–water partition coefficient (Wildman–Crippen LogP) is 3.06. The van der Waals surface area contributed by atoms with Crippen molar-refractivity contribution in [2.75, 3.05) is 5.73 Å². The van der Waals surface area contributed by atoms with Crippen LogP contribution in [-0.4, -0.2) is 16.6 Å². The summed E-state index contributed by atoms with van der Waals surface area (Å²) in [5.74, 6) is 0.0799. The maximum atomic E-state index is 11.7. The lowest BCUT2D eigenvalue weighted by molar-refractivity contribution is -0.154. The molecule has 0 fully saturated rings. The summed E-state index contributed by atoms with van der Waals surface area (Å²) in [6.07, 6.45) is 2.67. The maximum absolute atomic E-state index is 11.7. The minimum Gasteiger partial charge on any atom is -0.460 e. The lowest BCUT2D eigenvalue weighted by Crippen LogP contribution is -2.24. The number of hydrogen-bond donors (Lipinski definition) is 1. The summed E-state index contributed by atoms with van der Waals surface area (Å²) in [6.45, 7) is 9.69. The Hall–Kier alpha value is -1.58. The van der Waals surface area contributed by atoms with E-state index in [1.807, 2.05) is 26.8 Å². The van der Waals surface area contributed by atoms with Gasteiger partial charge in [0.25, 0.3) is 0 Å². The average molecular weight is 264 g/mol. The van der Waals surface area contributed by atoms with E-state index in [4.69, 9.17) is 10.5 Å². The van der Waals surface area contributed by atoms with Crippen molar-refractivity contribution in [2.24, 2.45) is 0 Å². The molecule has 0 amide bonds. The second-order valence-corrected chi connectivity index (χ2v) is 6.01. The van der Waals surface area contributed by atoms with Crippen molar-refractivity contribution in [3.8, 4) is 0 Å². The van der Waals surface area contributed by atoms with Gasteiger partial charge in [0, 0.05) is 12.6 Å². The zero-order valence-corrected chi connectivity index (χ0v) is 12.5. The molecule has 4 heteroatoms. The molecule has 0 saturated heterocycles. The SMILES string of the molecule is CC(C)c1nccc(CCC(=O)OC(C)(C)C)c1N. The number of carbonyl (C=O) groups excluding carboxylic acids is 1. The number of hydrogen-bond acceptors (Lipinski definition) is 4. The van der Waals surface area contributed by atoms with Crippen LogP contribution in [0.15, 0.2) is 12.3 Å². The van der Waals surface area contributed by atoms with Crippen molar-refractivity contribution in [3.63, 3.8) is 0 Å². The van der Waals surface area contributed by atoms with Crippen molar-refractivity contribution >= 4 is 11.7 Å². The summed E-state index contributed by atoms with van der Waals surface area (Å²) in [7, 11) is 0. The van der Waals surface area contributed by atoms with Crippen LogP contribution in [0.5, 0.6) is 0 Å². The Balaban J connectivity index is 2.69. The van der Waals surface area contributed by atoms with Gasteiger partial charge >= 0.3 is 5.97 Å². The Morgan fingerprint density at radius 2 is 2.05 bits per heavy atom. The third-order valence-electron chi connectivity index (χ3n) is 2.68. The number of anilines is 1. The van der Waals surface area contributed by atoms with Gasteiger partial charge in [-0.05, 0) is 44.7 Å². The number of nitrogen functional groups attached to an aromatic ring is 1. The van der Waals surface area contributed by atoms with E-state index in [-0.39, 0.29) is 11.9 Å². The van der Waals surface area contributed by atoms with Crippen LogP contribution in [0.3, 0.4) is 0 Å². The normalized spacial score (nSPS) is 11.7. The molecular formula is C15H24N2O2. The van der Waals surface area contributed by atoms with E-state index in [1.165, 1.54) is 0 Å². The van der Waals surface area contributed by atoms with E-state index in [9.17, 15) is 4.79 Å². The lowest BCUT2D eigenvalue weighted by atomic mass is 10.0. The molecule has 1 aromatic rings. The van der Waals surface area contributed by atoms with Gasteiger partial charge in [0.05, 0.1) is 11.4 Å². The highest BCUT2D eigenvalue weighted by Crippen LogP contribution is 2.23. The third-order valence-corrected chi connectivity index (χ3v) is 2.68. The molecule has 0 unspecified atom stereocenters. The largest absolute Gasteiger partial charge is 0.460 e. The number of carbonyl (C=O) groups is 1. The molecule has 4 nitrogen and oxygen atoms in total. The molecule has 1 rings (SSSR count). The van der Waals surface area contributed by atoms with Gasteiger partial charge in [0.1, 0.15) is 5.60 Å². The number of aryl methyl sites for hydroxylation is 1. The summed E-state index contributed by atoms with van der Waals surface area (Å²) in [4.78, 5) is 16.0. The predicted molar refractivity (Wildman–Crippen MR) is 76.9 cm³/mol. The zero-order valence-electron chi connectivity index (χ0n) is 12.5. The number of esters is 1. The number of aromatic nitrogens is 1. The minimum atomic E-state index is -0.441. The van der Waals surface area contributed by atoms with Crippen molar-refractivity contribution in [1.82, 2.24) is 4.98 Å². The van der Waals surface area contributed by atoms with E-state index in [0.29, 0.717) is 18.5 Å². The van der Waals surface area contributed by atoms with Crippen LogP contribution in [0, 0.1) is 0 Å². The maximum Gasteiger partial charge on any atom is 0.306 e. The van der Waals surface area contributed by atoms with Crippen molar-refractivity contribution in [2.45, 2.75) is 59.0 Å². The third kappa shape index (κ3) is 4.89. The highest BCUT2D eigenvalue weighted by Gasteiger charge is 2.17. The van der Waals surface area contributed by atoms with Crippen LogP contribution in [0.4, 0.5) is 5.69 Å². The fourth-order valence-electron chi connectivity index (χ4n) is 1.84. The molecule has 0 aliphatic heterocycles. The van der Waals surface area contributed by atoms with Gasteiger partial charge in [-0.3, -0.25) is 9.78 Å². The van der Waals surface area contributed by atoms with Gasteiger partial charge in [-0.15, -0.1) is 0 Å². The Labute approximate surface area is 115 Å². The molecule has 1 heterocycles. The monoisotopic (exact) mass is 264 g/mol. The fourth-order valence-corrected chi connectivity index (χ4v) is 1.84. The first-order valence-electron chi connectivity index (χ1n) is 6.66. The van der Waals surface area contributed by atoms with E-state index in [2.05, 4.69) is 18.8 Å². The van der Waals surface area contributed by atoms with Crippen molar-refractivity contribution in [1.29, 1.82) is 0 Å².